The van der Waals surface area contributed by atoms with E-state index in [1.807, 2.05) is 0 Å². The number of hydrogen-bond donors (Lipinski definition) is 0. The van der Waals surface area contributed by atoms with Gasteiger partial charge in [0.2, 0.25) is 0 Å². The molecule has 0 saturated heterocycles. The number of ketones is 1. The molecule has 0 aromatic rings. The van der Waals surface area contributed by atoms with Gasteiger partial charge in [-0.1, -0.05) is 45.4 Å². The summed E-state index contributed by atoms with van der Waals surface area (Å²) in [5, 5.41) is 0. The van der Waals surface area contributed by atoms with E-state index < -0.39 is 0 Å². The lowest BCUT2D eigenvalue weighted by atomic mass is 9.80. The standard InChI is InChI=1S/C13H22O/c1-10-12(8-9-13(10)14)11-6-4-2-3-5-7-11/h10-12H,2-9H2,1H3. The Morgan fingerprint density at radius 2 is 1.64 bits per heavy atom. The number of Topliss-reactive ketones (excluding diaryl/α,β-unsaturated/α-hetero) is 1. The summed E-state index contributed by atoms with van der Waals surface area (Å²) in [6.07, 6.45) is 10.5. The minimum atomic E-state index is 0.373. The Hall–Kier alpha value is -0.330. The fourth-order valence-corrected chi connectivity index (χ4v) is 3.41. The van der Waals surface area contributed by atoms with Gasteiger partial charge in [-0.2, -0.15) is 0 Å². The molecule has 14 heavy (non-hydrogen) atoms. The molecule has 1 heteroatoms. The van der Waals surface area contributed by atoms with Gasteiger partial charge in [0.25, 0.3) is 0 Å². The van der Waals surface area contributed by atoms with Gasteiger partial charge < -0.3 is 0 Å². The monoisotopic (exact) mass is 194 g/mol. The van der Waals surface area contributed by atoms with E-state index in [0.29, 0.717) is 11.7 Å². The van der Waals surface area contributed by atoms with E-state index in [1.165, 1.54) is 44.9 Å². The van der Waals surface area contributed by atoms with Crippen LogP contribution in [0.5, 0.6) is 0 Å². The van der Waals surface area contributed by atoms with Crippen molar-refractivity contribution in [2.75, 3.05) is 0 Å². The predicted octanol–water partition coefficient (Wildman–Crippen LogP) is 3.57. The molecule has 0 aromatic heterocycles. The minimum absolute atomic E-state index is 0.373. The fourth-order valence-electron chi connectivity index (χ4n) is 3.41. The molecule has 2 atom stereocenters. The van der Waals surface area contributed by atoms with Crippen LogP contribution in [0.3, 0.4) is 0 Å². The average Bonchev–Trinajstić information content (AvgIpc) is 2.47. The molecule has 2 unspecified atom stereocenters. The third-order valence-electron chi connectivity index (χ3n) is 4.38. The molecule has 0 amide bonds. The second-order valence-corrected chi connectivity index (χ2v) is 5.21. The maximum absolute atomic E-state index is 11.5. The summed E-state index contributed by atoms with van der Waals surface area (Å²) < 4.78 is 0. The molecule has 1 nitrogen and oxygen atoms in total. The molecule has 0 heterocycles. The second kappa shape index (κ2) is 4.46. The van der Waals surface area contributed by atoms with Gasteiger partial charge in [0.15, 0.2) is 0 Å². The fraction of sp³-hybridized carbons (Fsp3) is 0.923. The summed E-state index contributed by atoms with van der Waals surface area (Å²) >= 11 is 0. The molecule has 0 N–H and O–H groups in total. The van der Waals surface area contributed by atoms with Crippen molar-refractivity contribution in [3.63, 3.8) is 0 Å². The van der Waals surface area contributed by atoms with E-state index in [0.717, 1.165) is 18.3 Å². The molecule has 2 fully saturated rings. The smallest absolute Gasteiger partial charge is 0.135 e. The predicted molar refractivity (Wildman–Crippen MR) is 58.1 cm³/mol. The lowest BCUT2D eigenvalue weighted by molar-refractivity contribution is -0.121. The van der Waals surface area contributed by atoms with Crippen LogP contribution in [-0.2, 0) is 4.79 Å². The van der Waals surface area contributed by atoms with Crippen molar-refractivity contribution in [1.29, 1.82) is 0 Å². The van der Waals surface area contributed by atoms with Crippen LogP contribution >= 0.6 is 0 Å². The van der Waals surface area contributed by atoms with Gasteiger partial charge in [-0.15, -0.1) is 0 Å². The SMILES string of the molecule is CC1C(=O)CCC1C1CCCCCC1. The molecule has 0 aliphatic heterocycles. The first-order valence-electron chi connectivity index (χ1n) is 6.32. The van der Waals surface area contributed by atoms with E-state index >= 15 is 0 Å². The number of hydrogen-bond acceptors (Lipinski definition) is 1. The molecule has 2 aliphatic rings. The molecule has 2 aliphatic carbocycles. The van der Waals surface area contributed by atoms with Crippen LogP contribution in [-0.4, -0.2) is 5.78 Å². The molecule has 80 valence electrons. The first kappa shape index (κ1) is 10.2. The molecule has 2 saturated carbocycles. The van der Waals surface area contributed by atoms with Gasteiger partial charge in [-0.25, -0.2) is 0 Å². The molecule has 2 rings (SSSR count). The first-order chi connectivity index (χ1) is 6.79. The van der Waals surface area contributed by atoms with Crippen molar-refractivity contribution in [3.05, 3.63) is 0 Å². The Bertz CT molecular complexity index is 201. The lowest BCUT2D eigenvalue weighted by Crippen LogP contribution is -2.19. The van der Waals surface area contributed by atoms with Crippen LogP contribution in [0.2, 0.25) is 0 Å². The van der Waals surface area contributed by atoms with Crippen LogP contribution in [0.25, 0.3) is 0 Å². The van der Waals surface area contributed by atoms with E-state index in [9.17, 15) is 4.79 Å². The molecule has 0 aromatic carbocycles. The van der Waals surface area contributed by atoms with Crippen molar-refractivity contribution < 1.29 is 4.79 Å². The maximum atomic E-state index is 11.5. The average molecular weight is 194 g/mol. The van der Waals surface area contributed by atoms with Gasteiger partial charge in [0.05, 0.1) is 0 Å². The zero-order chi connectivity index (χ0) is 9.97. The summed E-state index contributed by atoms with van der Waals surface area (Å²) in [7, 11) is 0. The Kier molecular flexibility index (Phi) is 3.25. The highest BCUT2D eigenvalue weighted by Crippen LogP contribution is 2.40. The zero-order valence-electron chi connectivity index (χ0n) is 9.30. The number of carbonyl (C=O) groups is 1. The lowest BCUT2D eigenvalue weighted by Gasteiger charge is -2.24. The largest absolute Gasteiger partial charge is 0.299 e. The Morgan fingerprint density at radius 1 is 1.00 bits per heavy atom. The zero-order valence-corrected chi connectivity index (χ0v) is 9.30. The van der Waals surface area contributed by atoms with Crippen LogP contribution < -0.4 is 0 Å². The van der Waals surface area contributed by atoms with Crippen LogP contribution in [0.4, 0.5) is 0 Å². The number of rotatable bonds is 1. The van der Waals surface area contributed by atoms with Crippen molar-refractivity contribution in [2.24, 2.45) is 17.8 Å². The third-order valence-corrected chi connectivity index (χ3v) is 4.38. The minimum Gasteiger partial charge on any atom is -0.299 e. The quantitative estimate of drug-likeness (QED) is 0.583. The van der Waals surface area contributed by atoms with Crippen molar-refractivity contribution in [2.45, 2.75) is 58.3 Å². The van der Waals surface area contributed by atoms with E-state index in [-0.39, 0.29) is 0 Å². The van der Waals surface area contributed by atoms with Crippen molar-refractivity contribution >= 4 is 5.78 Å². The molecule has 0 spiro atoms. The second-order valence-electron chi connectivity index (χ2n) is 5.21. The summed E-state index contributed by atoms with van der Waals surface area (Å²) in [6, 6.07) is 0. The molecule has 0 radical (unpaired) electrons. The van der Waals surface area contributed by atoms with Gasteiger partial charge >= 0.3 is 0 Å². The van der Waals surface area contributed by atoms with Crippen LogP contribution in [0.1, 0.15) is 58.3 Å². The Balaban J connectivity index is 1.96. The molecular weight excluding hydrogens is 172 g/mol. The van der Waals surface area contributed by atoms with E-state index in [1.54, 1.807) is 0 Å². The van der Waals surface area contributed by atoms with E-state index in [2.05, 4.69) is 6.92 Å². The highest BCUT2D eigenvalue weighted by atomic mass is 16.1. The number of carbonyl (C=O) groups excluding carboxylic acids is 1. The highest BCUT2D eigenvalue weighted by Gasteiger charge is 2.35. The normalized spacial score (nSPS) is 35.9. The molecular formula is C13H22O. The van der Waals surface area contributed by atoms with Crippen molar-refractivity contribution in [3.8, 4) is 0 Å². The summed E-state index contributed by atoms with van der Waals surface area (Å²) in [4.78, 5) is 11.5. The van der Waals surface area contributed by atoms with Crippen LogP contribution in [0.15, 0.2) is 0 Å². The summed E-state index contributed by atoms with van der Waals surface area (Å²) in [5.74, 6) is 2.51. The van der Waals surface area contributed by atoms with Gasteiger partial charge in [0.1, 0.15) is 5.78 Å². The Labute approximate surface area is 87.3 Å². The van der Waals surface area contributed by atoms with Gasteiger partial charge in [0, 0.05) is 12.3 Å². The summed E-state index contributed by atoms with van der Waals surface area (Å²) in [6.45, 7) is 2.16. The van der Waals surface area contributed by atoms with E-state index in [4.69, 9.17) is 0 Å². The third kappa shape index (κ3) is 2.02. The molecule has 0 bridgehead atoms. The maximum Gasteiger partial charge on any atom is 0.135 e. The van der Waals surface area contributed by atoms with Gasteiger partial charge in [-0.3, -0.25) is 4.79 Å². The van der Waals surface area contributed by atoms with Crippen molar-refractivity contribution in [1.82, 2.24) is 0 Å². The topological polar surface area (TPSA) is 17.1 Å². The summed E-state index contributed by atoms with van der Waals surface area (Å²) in [5.41, 5.74) is 0. The highest BCUT2D eigenvalue weighted by molar-refractivity contribution is 5.83. The van der Waals surface area contributed by atoms with Gasteiger partial charge in [-0.05, 0) is 18.3 Å². The Morgan fingerprint density at radius 3 is 2.14 bits per heavy atom. The first-order valence-corrected chi connectivity index (χ1v) is 6.32. The van der Waals surface area contributed by atoms with Crippen LogP contribution in [0, 0.1) is 17.8 Å².